The van der Waals surface area contributed by atoms with E-state index in [1.165, 1.54) is 34.5 Å². The fourth-order valence-electron chi connectivity index (χ4n) is 3.75. The summed E-state index contributed by atoms with van der Waals surface area (Å²) in [6.07, 6.45) is 1.20. The number of rotatable bonds is 10. The Kier molecular flexibility index (Phi) is 7.59. The molecule has 0 aliphatic heterocycles. The largest absolute Gasteiger partial charge is 0.489 e. The van der Waals surface area contributed by atoms with Crippen LogP contribution in [-0.4, -0.2) is 64.2 Å². The van der Waals surface area contributed by atoms with E-state index in [9.17, 15) is 18.8 Å². The zero-order valence-corrected chi connectivity index (χ0v) is 20.0. The van der Waals surface area contributed by atoms with Gasteiger partial charge in [-0.25, -0.2) is 8.42 Å². The smallest absolute Gasteiger partial charge is 0.229 e. The molecule has 0 spiro atoms. The highest BCUT2D eigenvalue weighted by atomic mass is 32.2. The first-order valence-corrected chi connectivity index (χ1v) is 12.6. The number of sulfonamides is 1. The van der Waals surface area contributed by atoms with Crippen LogP contribution in [0.1, 0.15) is 11.1 Å². The first kappa shape index (κ1) is 24.5. The number of ether oxygens (including phenoxy) is 1. The fraction of sp³-hybridized carbons (Fsp3) is 0.320. The van der Waals surface area contributed by atoms with E-state index in [0.29, 0.717) is 16.8 Å². The highest BCUT2D eigenvalue weighted by molar-refractivity contribution is 7.92. The maximum absolute atomic E-state index is 11.4. The van der Waals surface area contributed by atoms with Crippen molar-refractivity contribution in [2.24, 2.45) is 0 Å². The second-order valence-electron chi connectivity index (χ2n) is 8.94. The standard InChI is InChI=1S/C25H30N3O4S/c1-28(2,13-12-19-8-9-20-6-4-5-7-21(20)14-19)17-24(29)18-32-25-11-10-23(15-22(25)16-26)27-33(3,30)31/h4-11,14-15,24,27,29H,12-13,17-18H2,1-3H3/q+1. The van der Waals surface area contributed by atoms with Gasteiger partial charge >= 0.3 is 0 Å². The Morgan fingerprint density at radius 1 is 1.09 bits per heavy atom. The van der Waals surface area contributed by atoms with Crippen molar-refractivity contribution in [1.29, 1.82) is 5.26 Å². The van der Waals surface area contributed by atoms with E-state index in [1.807, 2.05) is 18.2 Å². The van der Waals surface area contributed by atoms with E-state index < -0.39 is 16.1 Å². The monoisotopic (exact) mass is 468 g/mol. The third kappa shape index (κ3) is 7.46. The summed E-state index contributed by atoms with van der Waals surface area (Å²) in [5.74, 6) is 0.303. The van der Waals surface area contributed by atoms with Crippen molar-refractivity contribution in [3.63, 3.8) is 0 Å². The minimum absolute atomic E-state index is 0.0329. The molecule has 2 N–H and O–H groups in total. The summed E-state index contributed by atoms with van der Waals surface area (Å²) in [4.78, 5) is 0. The van der Waals surface area contributed by atoms with Gasteiger partial charge in [0.25, 0.3) is 0 Å². The molecule has 7 nitrogen and oxygen atoms in total. The first-order chi connectivity index (χ1) is 15.5. The molecule has 0 amide bonds. The molecule has 33 heavy (non-hydrogen) atoms. The summed E-state index contributed by atoms with van der Waals surface area (Å²) in [6.45, 7) is 1.37. The van der Waals surface area contributed by atoms with Gasteiger partial charge < -0.3 is 14.3 Å². The molecule has 3 aromatic carbocycles. The number of aliphatic hydroxyl groups excluding tert-OH is 1. The molecule has 0 fully saturated rings. The minimum atomic E-state index is -3.44. The van der Waals surface area contributed by atoms with Crippen molar-refractivity contribution >= 4 is 26.5 Å². The lowest BCUT2D eigenvalue weighted by Gasteiger charge is -2.32. The van der Waals surface area contributed by atoms with Crippen molar-refractivity contribution < 1.29 is 22.7 Å². The first-order valence-electron chi connectivity index (χ1n) is 10.7. The van der Waals surface area contributed by atoms with Gasteiger partial charge in [-0.15, -0.1) is 0 Å². The molecular formula is C25H30N3O4S+. The summed E-state index contributed by atoms with van der Waals surface area (Å²) in [5.41, 5.74) is 1.74. The number of nitrogens with zero attached hydrogens (tertiary/aromatic N) is 2. The molecular weight excluding hydrogens is 438 g/mol. The molecule has 0 bridgehead atoms. The van der Waals surface area contributed by atoms with Gasteiger partial charge in [-0.05, 0) is 34.5 Å². The van der Waals surface area contributed by atoms with Crippen molar-refractivity contribution in [1.82, 2.24) is 0 Å². The normalized spacial score (nSPS) is 12.8. The van der Waals surface area contributed by atoms with Crippen molar-refractivity contribution in [3.8, 4) is 11.8 Å². The fourth-order valence-corrected chi connectivity index (χ4v) is 4.30. The highest BCUT2D eigenvalue weighted by Crippen LogP contribution is 2.23. The lowest BCUT2D eigenvalue weighted by atomic mass is 10.0. The Morgan fingerprint density at radius 2 is 1.82 bits per heavy atom. The third-order valence-electron chi connectivity index (χ3n) is 5.36. The zero-order valence-electron chi connectivity index (χ0n) is 19.2. The maximum atomic E-state index is 11.4. The van der Waals surface area contributed by atoms with Crippen molar-refractivity contribution in [3.05, 3.63) is 71.8 Å². The average Bonchev–Trinajstić information content (AvgIpc) is 2.75. The van der Waals surface area contributed by atoms with E-state index in [-0.39, 0.29) is 17.9 Å². The third-order valence-corrected chi connectivity index (χ3v) is 5.97. The summed E-state index contributed by atoms with van der Waals surface area (Å²) >= 11 is 0. The summed E-state index contributed by atoms with van der Waals surface area (Å²) in [6, 6.07) is 21.2. The van der Waals surface area contributed by atoms with Gasteiger partial charge in [0, 0.05) is 6.42 Å². The van der Waals surface area contributed by atoms with Gasteiger partial charge in [0.2, 0.25) is 10.0 Å². The average molecular weight is 469 g/mol. The molecule has 8 heteroatoms. The van der Waals surface area contributed by atoms with Crippen LogP contribution in [0.3, 0.4) is 0 Å². The Labute approximate surface area is 195 Å². The molecule has 174 valence electrons. The van der Waals surface area contributed by atoms with Crippen LogP contribution in [0.25, 0.3) is 10.8 Å². The minimum Gasteiger partial charge on any atom is -0.489 e. The predicted octanol–water partition coefficient (Wildman–Crippen LogP) is 3.14. The van der Waals surface area contributed by atoms with E-state index in [1.54, 1.807) is 0 Å². The second kappa shape index (κ2) is 10.2. The molecule has 0 aromatic heterocycles. The summed E-state index contributed by atoms with van der Waals surface area (Å²) < 4.78 is 31.4. The number of quaternary nitrogens is 1. The number of hydrogen-bond donors (Lipinski definition) is 2. The number of benzene rings is 3. The van der Waals surface area contributed by atoms with Crippen LogP contribution in [0.4, 0.5) is 5.69 Å². The molecule has 0 heterocycles. The Bertz CT molecular complexity index is 1270. The maximum Gasteiger partial charge on any atom is 0.229 e. The topological polar surface area (TPSA) is 99.4 Å². The van der Waals surface area contributed by atoms with Crippen molar-refractivity contribution in [2.45, 2.75) is 12.5 Å². The van der Waals surface area contributed by atoms with Crippen LogP contribution >= 0.6 is 0 Å². The van der Waals surface area contributed by atoms with Crippen LogP contribution in [0.2, 0.25) is 0 Å². The van der Waals surface area contributed by atoms with Gasteiger partial charge in [0.15, 0.2) is 0 Å². The van der Waals surface area contributed by atoms with E-state index in [4.69, 9.17) is 4.74 Å². The van der Waals surface area contributed by atoms with Crippen LogP contribution in [0, 0.1) is 11.3 Å². The SMILES string of the molecule is C[N+](C)(CCc1ccc2ccccc2c1)CC(O)COc1ccc(NS(C)(=O)=O)cc1C#N. The van der Waals surface area contributed by atoms with Gasteiger partial charge in [0.1, 0.15) is 31.1 Å². The number of nitrogens with one attached hydrogen (secondary N) is 1. The lowest BCUT2D eigenvalue weighted by molar-refractivity contribution is -0.893. The molecule has 0 saturated heterocycles. The number of nitriles is 1. The van der Waals surface area contributed by atoms with Gasteiger partial charge in [-0.2, -0.15) is 5.26 Å². The van der Waals surface area contributed by atoms with E-state index in [0.717, 1.165) is 19.2 Å². The van der Waals surface area contributed by atoms with Gasteiger partial charge in [0.05, 0.1) is 38.1 Å². The quantitative estimate of drug-likeness (QED) is 0.446. The van der Waals surface area contributed by atoms with Gasteiger partial charge in [-0.3, -0.25) is 4.72 Å². The lowest BCUT2D eigenvalue weighted by Crippen LogP contribution is -2.48. The van der Waals surface area contributed by atoms with Crippen LogP contribution in [0.15, 0.2) is 60.7 Å². The highest BCUT2D eigenvalue weighted by Gasteiger charge is 2.21. The number of likely N-dealkylation sites (N-methyl/N-ethyl adjacent to an activating group) is 1. The molecule has 0 aliphatic rings. The molecule has 1 atom stereocenters. The molecule has 3 aromatic rings. The Hall–Kier alpha value is -3.12. The summed E-state index contributed by atoms with van der Waals surface area (Å²) in [7, 11) is 0.692. The molecule has 1 unspecified atom stereocenters. The predicted molar refractivity (Wildman–Crippen MR) is 131 cm³/mol. The molecule has 3 rings (SSSR count). The van der Waals surface area contributed by atoms with Gasteiger partial charge in [-0.1, -0.05) is 42.5 Å². The second-order valence-corrected chi connectivity index (χ2v) is 10.7. The molecule has 0 saturated carbocycles. The molecule has 0 radical (unpaired) electrons. The number of aliphatic hydroxyl groups is 1. The Morgan fingerprint density at radius 3 is 2.52 bits per heavy atom. The number of fused-ring (bicyclic) bond motifs is 1. The van der Waals surface area contributed by atoms with Crippen molar-refractivity contribution in [2.75, 3.05) is 44.8 Å². The van der Waals surface area contributed by atoms with E-state index >= 15 is 0 Å². The molecule has 0 aliphatic carbocycles. The number of anilines is 1. The van der Waals surface area contributed by atoms with Crippen LogP contribution in [-0.2, 0) is 16.4 Å². The van der Waals surface area contributed by atoms with Crippen LogP contribution < -0.4 is 9.46 Å². The summed E-state index contributed by atoms with van der Waals surface area (Å²) in [5, 5.41) is 22.3. The zero-order chi connectivity index (χ0) is 24.1. The Balaban J connectivity index is 1.54. The number of hydrogen-bond acceptors (Lipinski definition) is 5. The van der Waals surface area contributed by atoms with Crippen LogP contribution in [0.5, 0.6) is 5.75 Å². The van der Waals surface area contributed by atoms with E-state index in [2.05, 4.69) is 49.1 Å².